The summed E-state index contributed by atoms with van der Waals surface area (Å²) in [5.41, 5.74) is -2.42. The number of benzene rings is 1. The largest absolute Gasteiger partial charge is 0.460 e. The molecule has 0 aliphatic carbocycles. The first-order chi connectivity index (χ1) is 16.4. The first-order valence-corrected chi connectivity index (χ1v) is 8.43. The van der Waals surface area contributed by atoms with Crippen LogP contribution in [0, 0.1) is 23.3 Å². The lowest BCUT2D eigenvalue weighted by molar-refractivity contribution is -0.419. The number of allylic oxidation sites excluding steroid dienone is 2. The van der Waals surface area contributed by atoms with E-state index >= 15 is 0 Å². The molecule has 1 rings (SSSR count). The molecule has 0 aliphatic heterocycles. The average Bonchev–Trinajstić information content (AvgIpc) is 2.77. The molecule has 0 radical (unpaired) electrons. The minimum absolute atomic E-state index is 0.287. The molecule has 0 unspecified atom stereocenters. The zero-order valence-electron chi connectivity index (χ0n) is 16.8. The van der Waals surface area contributed by atoms with Crippen molar-refractivity contribution in [2.45, 2.75) is 36.8 Å². The number of alkyl halides is 11. The van der Waals surface area contributed by atoms with E-state index in [0.717, 1.165) is 13.0 Å². The highest BCUT2D eigenvalue weighted by molar-refractivity contribution is 5.93. The Balaban J connectivity index is 3.78. The highest BCUT2D eigenvalue weighted by Gasteiger charge is 2.88. The molecule has 20 heteroatoms. The van der Waals surface area contributed by atoms with Crippen molar-refractivity contribution in [2.75, 3.05) is 0 Å². The Hall–Kier alpha value is -3.22. The molecule has 3 nitrogen and oxygen atoms in total. The van der Waals surface area contributed by atoms with Gasteiger partial charge in [0.2, 0.25) is 17.5 Å². The van der Waals surface area contributed by atoms with Crippen LogP contribution in [-0.2, 0) is 4.74 Å². The van der Waals surface area contributed by atoms with E-state index in [1.807, 2.05) is 0 Å². The molecule has 0 N–H and O–H groups in total. The van der Waals surface area contributed by atoms with Gasteiger partial charge in [0.25, 0.3) is 0 Å². The summed E-state index contributed by atoms with van der Waals surface area (Å²) in [6.45, 7) is 1.07. The van der Waals surface area contributed by atoms with Crippen molar-refractivity contribution >= 4 is 5.97 Å². The standard InChI is InChI=1S/C17H5F17O3/c1-2-3-36-12(35)4-5(18)6(19)7(20)8(21)9(4)37-11(23)10(22)13(24,25)14(26,27)15(28,29)16(30,31)17(32,33)34/h2-3H,1H3. The summed E-state index contributed by atoms with van der Waals surface area (Å²) < 4.78 is 231. The van der Waals surface area contributed by atoms with E-state index in [-0.39, 0.29) is 6.26 Å². The van der Waals surface area contributed by atoms with Gasteiger partial charge in [0.15, 0.2) is 17.4 Å². The molecule has 0 aliphatic rings. The molecule has 37 heavy (non-hydrogen) atoms. The van der Waals surface area contributed by atoms with Gasteiger partial charge in [-0.3, -0.25) is 0 Å². The van der Waals surface area contributed by atoms with Gasteiger partial charge in [-0.15, -0.1) is 0 Å². The van der Waals surface area contributed by atoms with Gasteiger partial charge < -0.3 is 9.47 Å². The van der Waals surface area contributed by atoms with Gasteiger partial charge in [0.05, 0.1) is 6.26 Å². The average molecular weight is 580 g/mol. The van der Waals surface area contributed by atoms with Gasteiger partial charge in [0, 0.05) is 0 Å². The summed E-state index contributed by atoms with van der Waals surface area (Å²) in [7, 11) is 0. The van der Waals surface area contributed by atoms with Crippen LogP contribution in [0.5, 0.6) is 5.75 Å². The molecule has 0 fully saturated rings. The summed E-state index contributed by atoms with van der Waals surface area (Å²) in [5.74, 6) is -53.8. The van der Waals surface area contributed by atoms with Crippen molar-refractivity contribution in [3.63, 3.8) is 0 Å². The summed E-state index contributed by atoms with van der Waals surface area (Å²) in [6.07, 6.45) is -6.57. The SMILES string of the molecule is CC=COC(=O)c1c(F)c(F)c(F)c(F)c1OC(F)=C(F)C(F)(F)C(F)(F)C(F)(F)C(F)(F)C(F)(F)F. The van der Waals surface area contributed by atoms with Crippen LogP contribution in [-0.4, -0.2) is 35.8 Å². The maximum absolute atomic E-state index is 13.9. The molecule has 0 saturated heterocycles. The molecular formula is C17H5F17O3. The number of hydrogen-bond acceptors (Lipinski definition) is 3. The molecule has 0 atom stereocenters. The van der Waals surface area contributed by atoms with Crippen molar-refractivity contribution in [1.82, 2.24) is 0 Å². The predicted molar refractivity (Wildman–Crippen MR) is 82.2 cm³/mol. The third-order valence-electron chi connectivity index (χ3n) is 3.92. The first-order valence-electron chi connectivity index (χ1n) is 8.43. The highest BCUT2D eigenvalue weighted by atomic mass is 19.4. The molecule has 0 amide bonds. The molecular weight excluding hydrogens is 575 g/mol. The van der Waals surface area contributed by atoms with Crippen molar-refractivity contribution in [3.8, 4) is 5.75 Å². The van der Waals surface area contributed by atoms with Crippen LogP contribution in [0.2, 0.25) is 0 Å². The predicted octanol–water partition coefficient (Wildman–Crippen LogP) is 7.52. The second kappa shape index (κ2) is 9.92. The Kier molecular flexibility index (Phi) is 8.53. The van der Waals surface area contributed by atoms with Crippen molar-refractivity contribution in [3.05, 3.63) is 53.0 Å². The fourth-order valence-corrected chi connectivity index (χ4v) is 2.05. The number of hydrogen-bond donors (Lipinski definition) is 0. The Morgan fingerprint density at radius 3 is 1.59 bits per heavy atom. The fourth-order valence-electron chi connectivity index (χ4n) is 2.05. The van der Waals surface area contributed by atoms with Crippen LogP contribution in [0.4, 0.5) is 74.6 Å². The zero-order chi connectivity index (χ0) is 29.5. The van der Waals surface area contributed by atoms with E-state index in [2.05, 4.69) is 9.47 Å². The van der Waals surface area contributed by atoms with E-state index in [0.29, 0.717) is 0 Å². The quantitative estimate of drug-likeness (QED) is 0.105. The maximum atomic E-state index is 13.9. The maximum Gasteiger partial charge on any atom is 0.460 e. The summed E-state index contributed by atoms with van der Waals surface area (Å²) in [4.78, 5) is 11.7. The first kappa shape index (κ1) is 31.8. The minimum atomic E-state index is -8.21. The van der Waals surface area contributed by atoms with E-state index in [1.54, 1.807) is 0 Å². The van der Waals surface area contributed by atoms with Gasteiger partial charge in [-0.1, -0.05) is 6.08 Å². The summed E-state index contributed by atoms with van der Waals surface area (Å²) >= 11 is 0. The summed E-state index contributed by atoms with van der Waals surface area (Å²) in [5, 5.41) is 0. The van der Waals surface area contributed by atoms with Crippen LogP contribution in [0.15, 0.2) is 24.2 Å². The highest BCUT2D eigenvalue weighted by Crippen LogP contribution is 2.59. The Morgan fingerprint density at radius 1 is 0.703 bits per heavy atom. The molecule has 0 spiro atoms. The molecule has 210 valence electrons. The summed E-state index contributed by atoms with van der Waals surface area (Å²) in [6, 6.07) is -4.12. The van der Waals surface area contributed by atoms with Crippen molar-refractivity contribution in [1.29, 1.82) is 0 Å². The normalized spacial score (nSPS) is 14.6. The van der Waals surface area contributed by atoms with E-state index in [9.17, 15) is 79.4 Å². The van der Waals surface area contributed by atoms with Gasteiger partial charge in [-0.2, -0.15) is 61.5 Å². The number of halogens is 17. The Labute approximate surface area is 191 Å². The lowest BCUT2D eigenvalue weighted by Gasteiger charge is -2.36. The molecule has 0 heterocycles. The second-order valence-corrected chi connectivity index (χ2v) is 6.32. The molecule has 0 aromatic heterocycles. The van der Waals surface area contributed by atoms with E-state index in [4.69, 9.17) is 0 Å². The Bertz CT molecular complexity index is 1120. The van der Waals surface area contributed by atoms with E-state index < -0.39 is 82.3 Å². The topological polar surface area (TPSA) is 35.5 Å². The van der Waals surface area contributed by atoms with Gasteiger partial charge in [0.1, 0.15) is 5.56 Å². The van der Waals surface area contributed by atoms with Crippen molar-refractivity contribution < 1.29 is 88.9 Å². The van der Waals surface area contributed by atoms with Gasteiger partial charge >= 0.3 is 41.8 Å². The fraction of sp³-hybridized carbons (Fsp3) is 0.353. The van der Waals surface area contributed by atoms with Crippen LogP contribution in [0.3, 0.4) is 0 Å². The van der Waals surface area contributed by atoms with Crippen molar-refractivity contribution in [2.24, 2.45) is 0 Å². The van der Waals surface area contributed by atoms with Crippen LogP contribution >= 0.6 is 0 Å². The number of esters is 1. The lowest BCUT2D eigenvalue weighted by atomic mass is 9.97. The number of carbonyl (C=O) groups excluding carboxylic acids is 1. The van der Waals surface area contributed by atoms with Gasteiger partial charge in [-0.05, 0) is 6.92 Å². The van der Waals surface area contributed by atoms with Crippen LogP contribution in [0.25, 0.3) is 0 Å². The second-order valence-electron chi connectivity index (χ2n) is 6.32. The van der Waals surface area contributed by atoms with Gasteiger partial charge in [-0.25, -0.2) is 18.0 Å². The zero-order valence-corrected chi connectivity index (χ0v) is 16.8. The molecule has 0 bridgehead atoms. The van der Waals surface area contributed by atoms with E-state index in [1.165, 1.54) is 0 Å². The number of carbonyl (C=O) groups is 1. The third kappa shape index (κ3) is 5.00. The minimum Gasteiger partial charge on any atom is -0.431 e. The van der Waals surface area contributed by atoms with Crippen LogP contribution in [0.1, 0.15) is 17.3 Å². The molecule has 0 saturated carbocycles. The smallest absolute Gasteiger partial charge is 0.431 e. The number of rotatable bonds is 8. The Morgan fingerprint density at radius 2 is 1.16 bits per heavy atom. The van der Waals surface area contributed by atoms with Crippen LogP contribution < -0.4 is 4.74 Å². The third-order valence-corrected chi connectivity index (χ3v) is 3.92. The number of ether oxygens (including phenoxy) is 2. The monoisotopic (exact) mass is 580 g/mol. The lowest BCUT2D eigenvalue weighted by Crippen LogP contribution is -2.66. The molecule has 1 aromatic carbocycles. The molecule has 1 aromatic rings.